The number of hydrogen-bond acceptors (Lipinski definition) is 3. The molecule has 0 spiro atoms. The van der Waals surface area contributed by atoms with E-state index in [4.69, 9.17) is 0 Å². The van der Waals surface area contributed by atoms with E-state index in [1.165, 1.54) is 11.1 Å². The second-order valence-corrected chi connectivity index (χ2v) is 6.70. The average molecular weight is 292 g/mol. The summed E-state index contributed by atoms with van der Waals surface area (Å²) in [5.41, 5.74) is 2.55. The van der Waals surface area contributed by atoms with Crippen LogP contribution in [0.25, 0.3) is 0 Å². The maximum Gasteiger partial charge on any atom is 0.221 e. The van der Waals surface area contributed by atoms with E-state index in [1.54, 1.807) is 0 Å². The summed E-state index contributed by atoms with van der Waals surface area (Å²) in [7, 11) is 0. The van der Waals surface area contributed by atoms with Crippen molar-refractivity contribution in [3.63, 3.8) is 0 Å². The normalized spacial score (nSPS) is 20.4. The number of benzene rings is 1. The second kappa shape index (κ2) is 7.70. The van der Waals surface area contributed by atoms with Gasteiger partial charge in [0.15, 0.2) is 0 Å². The molecule has 3 nitrogen and oxygen atoms in total. The number of aryl methyl sites for hydroxylation is 1. The first-order chi connectivity index (χ1) is 9.65. The highest BCUT2D eigenvalue weighted by Gasteiger charge is 2.17. The van der Waals surface area contributed by atoms with Gasteiger partial charge in [-0.1, -0.05) is 36.8 Å². The van der Waals surface area contributed by atoms with Crippen LogP contribution in [0.15, 0.2) is 24.3 Å². The highest BCUT2D eigenvalue weighted by atomic mass is 32.2. The van der Waals surface area contributed by atoms with E-state index < -0.39 is 0 Å². The fourth-order valence-corrected chi connectivity index (χ4v) is 3.28. The first kappa shape index (κ1) is 15.4. The van der Waals surface area contributed by atoms with Gasteiger partial charge in [0.25, 0.3) is 0 Å². The fraction of sp³-hybridized carbons (Fsp3) is 0.562. The largest absolute Gasteiger partial charge is 0.355 e. The van der Waals surface area contributed by atoms with Crippen LogP contribution in [0.4, 0.5) is 0 Å². The number of rotatable bonds is 5. The van der Waals surface area contributed by atoms with Crippen LogP contribution in [0.2, 0.25) is 0 Å². The molecule has 1 aromatic rings. The van der Waals surface area contributed by atoms with Crippen LogP contribution in [0.1, 0.15) is 30.4 Å². The van der Waals surface area contributed by atoms with Crippen LogP contribution in [0.3, 0.4) is 0 Å². The third-order valence-corrected chi connectivity index (χ3v) is 4.81. The van der Waals surface area contributed by atoms with Crippen molar-refractivity contribution in [1.29, 1.82) is 0 Å². The predicted octanol–water partition coefficient (Wildman–Crippen LogP) is 2.31. The molecule has 1 amide bonds. The first-order valence-electron chi connectivity index (χ1n) is 7.29. The Kier molecular flexibility index (Phi) is 5.92. The summed E-state index contributed by atoms with van der Waals surface area (Å²) in [6.45, 7) is 5.97. The molecule has 1 aliphatic rings. The highest BCUT2D eigenvalue weighted by molar-refractivity contribution is 7.99. The van der Waals surface area contributed by atoms with Crippen LogP contribution in [0.5, 0.6) is 0 Å². The van der Waals surface area contributed by atoms with Crippen molar-refractivity contribution in [2.45, 2.75) is 32.2 Å². The monoisotopic (exact) mass is 292 g/mol. The van der Waals surface area contributed by atoms with Crippen LogP contribution >= 0.6 is 11.8 Å². The van der Waals surface area contributed by atoms with Crippen molar-refractivity contribution in [2.75, 3.05) is 24.6 Å². The predicted molar refractivity (Wildman–Crippen MR) is 86.3 cm³/mol. The number of carbonyl (C=O) groups excluding carboxylic acids is 1. The van der Waals surface area contributed by atoms with Gasteiger partial charge >= 0.3 is 0 Å². The SMILES string of the molecule is Cc1ccc(C(C)CNC(=O)CC2CSCCN2)cc1. The van der Waals surface area contributed by atoms with Crippen molar-refractivity contribution in [3.8, 4) is 0 Å². The highest BCUT2D eigenvalue weighted by Crippen LogP contribution is 2.15. The summed E-state index contributed by atoms with van der Waals surface area (Å²) >= 11 is 1.93. The van der Waals surface area contributed by atoms with Crippen LogP contribution < -0.4 is 10.6 Å². The Morgan fingerprint density at radius 1 is 1.45 bits per heavy atom. The molecule has 1 fully saturated rings. The van der Waals surface area contributed by atoms with Gasteiger partial charge in [0, 0.05) is 37.1 Å². The maximum atomic E-state index is 11.9. The maximum absolute atomic E-state index is 11.9. The molecule has 1 saturated heterocycles. The second-order valence-electron chi connectivity index (χ2n) is 5.55. The van der Waals surface area contributed by atoms with E-state index >= 15 is 0 Å². The molecule has 0 bridgehead atoms. The topological polar surface area (TPSA) is 41.1 Å². The third-order valence-electron chi connectivity index (χ3n) is 3.68. The van der Waals surface area contributed by atoms with Crippen molar-refractivity contribution in [3.05, 3.63) is 35.4 Å². The fourth-order valence-electron chi connectivity index (χ4n) is 2.33. The van der Waals surface area contributed by atoms with Gasteiger partial charge in [0.05, 0.1) is 0 Å². The summed E-state index contributed by atoms with van der Waals surface area (Å²) in [6.07, 6.45) is 0.591. The molecule has 2 N–H and O–H groups in total. The molecule has 4 heteroatoms. The molecule has 1 aromatic carbocycles. The van der Waals surface area contributed by atoms with Gasteiger partial charge in [-0.05, 0) is 18.4 Å². The van der Waals surface area contributed by atoms with Gasteiger partial charge in [-0.3, -0.25) is 4.79 Å². The first-order valence-corrected chi connectivity index (χ1v) is 8.45. The quantitative estimate of drug-likeness (QED) is 0.875. The van der Waals surface area contributed by atoms with Gasteiger partial charge < -0.3 is 10.6 Å². The zero-order valence-electron chi connectivity index (χ0n) is 12.3. The van der Waals surface area contributed by atoms with E-state index in [9.17, 15) is 4.79 Å². The lowest BCUT2D eigenvalue weighted by molar-refractivity contribution is -0.121. The van der Waals surface area contributed by atoms with Crippen LogP contribution in [-0.4, -0.2) is 36.5 Å². The van der Waals surface area contributed by atoms with Crippen molar-refractivity contribution >= 4 is 17.7 Å². The minimum atomic E-state index is 0.156. The number of hydrogen-bond donors (Lipinski definition) is 2. The van der Waals surface area contributed by atoms with E-state index in [0.29, 0.717) is 24.9 Å². The van der Waals surface area contributed by atoms with Gasteiger partial charge in [0.1, 0.15) is 0 Å². The molecule has 0 aliphatic carbocycles. The minimum absolute atomic E-state index is 0.156. The Bertz CT molecular complexity index is 427. The molecule has 20 heavy (non-hydrogen) atoms. The number of nitrogens with one attached hydrogen (secondary N) is 2. The molecule has 1 aliphatic heterocycles. The molecule has 0 saturated carbocycles. The molecule has 110 valence electrons. The van der Waals surface area contributed by atoms with E-state index in [-0.39, 0.29) is 5.91 Å². The Morgan fingerprint density at radius 3 is 2.85 bits per heavy atom. The molecular formula is C16H24N2OS. The molecule has 2 atom stereocenters. The Balaban J connectivity index is 1.73. The standard InChI is InChI=1S/C16H24N2OS/c1-12-3-5-14(6-4-12)13(2)10-18-16(19)9-15-11-20-8-7-17-15/h3-6,13,15,17H,7-11H2,1-2H3,(H,18,19). The molecule has 2 unspecified atom stereocenters. The van der Waals surface area contributed by atoms with Gasteiger partial charge in [-0.15, -0.1) is 0 Å². The summed E-state index contributed by atoms with van der Waals surface area (Å²) in [6, 6.07) is 8.87. The lowest BCUT2D eigenvalue weighted by Crippen LogP contribution is -2.41. The zero-order valence-corrected chi connectivity index (χ0v) is 13.1. The van der Waals surface area contributed by atoms with Gasteiger partial charge in [-0.25, -0.2) is 0 Å². The zero-order chi connectivity index (χ0) is 14.4. The van der Waals surface area contributed by atoms with Crippen molar-refractivity contribution in [1.82, 2.24) is 10.6 Å². The summed E-state index contributed by atoms with van der Waals surface area (Å²) < 4.78 is 0. The lowest BCUT2D eigenvalue weighted by atomic mass is 10.00. The molecule has 0 radical (unpaired) electrons. The summed E-state index contributed by atoms with van der Waals surface area (Å²) in [4.78, 5) is 11.9. The van der Waals surface area contributed by atoms with Gasteiger partial charge in [-0.2, -0.15) is 11.8 Å². The third kappa shape index (κ3) is 4.84. The van der Waals surface area contributed by atoms with E-state index in [1.807, 2.05) is 11.8 Å². The lowest BCUT2D eigenvalue weighted by Gasteiger charge is -2.23. The Hall–Kier alpha value is -1.00. The average Bonchev–Trinajstić information content (AvgIpc) is 2.46. The minimum Gasteiger partial charge on any atom is -0.355 e. The van der Waals surface area contributed by atoms with Crippen molar-refractivity contribution in [2.24, 2.45) is 0 Å². The summed E-state index contributed by atoms with van der Waals surface area (Å²) in [5.74, 6) is 2.71. The van der Waals surface area contributed by atoms with Crippen LogP contribution in [0, 0.1) is 6.92 Å². The Labute approximate surface area is 125 Å². The summed E-state index contributed by atoms with van der Waals surface area (Å²) in [5, 5.41) is 6.45. The smallest absolute Gasteiger partial charge is 0.221 e. The number of amides is 1. The molecule has 1 heterocycles. The Morgan fingerprint density at radius 2 is 2.20 bits per heavy atom. The van der Waals surface area contributed by atoms with Crippen LogP contribution in [-0.2, 0) is 4.79 Å². The van der Waals surface area contributed by atoms with E-state index in [0.717, 1.165) is 18.1 Å². The molecule has 0 aromatic heterocycles. The van der Waals surface area contributed by atoms with Crippen molar-refractivity contribution < 1.29 is 4.79 Å². The number of carbonyl (C=O) groups is 1. The van der Waals surface area contributed by atoms with E-state index in [2.05, 4.69) is 48.7 Å². The molecular weight excluding hydrogens is 268 g/mol. The van der Waals surface area contributed by atoms with Gasteiger partial charge in [0.2, 0.25) is 5.91 Å². The molecule has 2 rings (SSSR count). The number of thioether (sulfide) groups is 1.